The molecule has 0 aliphatic heterocycles. The summed E-state index contributed by atoms with van der Waals surface area (Å²) < 4.78 is 13.8. The van der Waals surface area contributed by atoms with Crippen molar-refractivity contribution in [2.75, 3.05) is 0 Å². The zero-order valence-corrected chi connectivity index (χ0v) is 9.11. The van der Waals surface area contributed by atoms with E-state index in [-0.39, 0.29) is 5.56 Å². The highest BCUT2D eigenvalue weighted by Crippen LogP contribution is 2.22. The van der Waals surface area contributed by atoms with E-state index in [4.69, 9.17) is 10.8 Å². The third-order valence-electron chi connectivity index (χ3n) is 1.91. The molecule has 1 aromatic carbocycles. The molecule has 1 rings (SSSR count). The van der Waals surface area contributed by atoms with Crippen molar-refractivity contribution < 1.29 is 19.4 Å². The van der Waals surface area contributed by atoms with Gasteiger partial charge >= 0.3 is 5.97 Å². The Bertz CT molecular complexity index is 386. The third-order valence-corrected chi connectivity index (χ3v) is 2.40. The van der Waals surface area contributed by atoms with Gasteiger partial charge < -0.3 is 15.9 Å². The number of benzene rings is 1. The summed E-state index contributed by atoms with van der Waals surface area (Å²) in [6.45, 7) is 0. The van der Waals surface area contributed by atoms with Gasteiger partial charge in [0.25, 0.3) is 0 Å². The molecule has 0 aromatic heterocycles. The second-order valence-corrected chi connectivity index (χ2v) is 3.89. The average molecular weight is 278 g/mol. The first-order chi connectivity index (χ1) is 6.93. The van der Waals surface area contributed by atoms with Crippen LogP contribution in [-0.4, -0.2) is 22.2 Å². The van der Waals surface area contributed by atoms with Gasteiger partial charge in [-0.05, 0) is 12.1 Å². The number of aliphatic carboxylic acids is 1. The number of hydrogen-bond acceptors (Lipinski definition) is 3. The number of nitrogens with two attached hydrogens (primary N) is 1. The van der Waals surface area contributed by atoms with Gasteiger partial charge in [-0.3, -0.25) is 4.79 Å². The maximum absolute atomic E-state index is 13.3. The maximum Gasteiger partial charge on any atom is 0.323 e. The molecule has 15 heavy (non-hydrogen) atoms. The van der Waals surface area contributed by atoms with Gasteiger partial charge in [-0.25, -0.2) is 4.39 Å². The fourth-order valence-corrected chi connectivity index (χ4v) is 1.40. The summed E-state index contributed by atoms with van der Waals surface area (Å²) in [6.07, 6.45) is -1.56. The van der Waals surface area contributed by atoms with Gasteiger partial charge in [-0.15, -0.1) is 0 Å². The van der Waals surface area contributed by atoms with Crippen molar-refractivity contribution in [3.05, 3.63) is 34.1 Å². The summed E-state index contributed by atoms with van der Waals surface area (Å²) in [5.74, 6) is -2.08. The monoisotopic (exact) mass is 277 g/mol. The molecule has 0 spiro atoms. The third kappa shape index (κ3) is 2.74. The predicted octanol–water partition coefficient (Wildman–Crippen LogP) is 1.03. The second kappa shape index (κ2) is 4.69. The van der Waals surface area contributed by atoms with E-state index >= 15 is 0 Å². The van der Waals surface area contributed by atoms with E-state index in [9.17, 15) is 14.3 Å². The van der Waals surface area contributed by atoms with Gasteiger partial charge in [0.15, 0.2) is 0 Å². The summed E-state index contributed by atoms with van der Waals surface area (Å²) in [6, 6.07) is 2.37. The Balaban J connectivity index is 3.01. The first-order valence-electron chi connectivity index (χ1n) is 4.05. The number of hydrogen-bond donors (Lipinski definition) is 3. The van der Waals surface area contributed by atoms with E-state index in [2.05, 4.69) is 15.9 Å². The molecular formula is C9H9BrFNO3. The Morgan fingerprint density at radius 1 is 1.53 bits per heavy atom. The van der Waals surface area contributed by atoms with Crippen LogP contribution in [-0.2, 0) is 4.79 Å². The lowest BCUT2D eigenvalue weighted by atomic mass is 10.0. The molecule has 2 atom stereocenters. The van der Waals surface area contributed by atoms with Crippen LogP contribution in [0.4, 0.5) is 4.39 Å². The molecule has 0 bridgehead atoms. The molecule has 4 nitrogen and oxygen atoms in total. The number of rotatable bonds is 3. The van der Waals surface area contributed by atoms with Gasteiger partial charge in [0.05, 0.1) is 0 Å². The van der Waals surface area contributed by atoms with E-state index < -0.39 is 23.9 Å². The molecule has 0 saturated heterocycles. The topological polar surface area (TPSA) is 83.6 Å². The standard InChI is InChI=1S/C9H9BrFNO3/c10-4-1-2-5(6(11)3-4)8(13)7(12)9(14)15/h1-3,7-8,13H,12H2,(H,14,15). The highest BCUT2D eigenvalue weighted by molar-refractivity contribution is 9.10. The smallest absolute Gasteiger partial charge is 0.323 e. The van der Waals surface area contributed by atoms with Crippen LogP contribution in [0, 0.1) is 5.82 Å². The number of halogens is 2. The van der Waals surface area contributed by atoms with Gasteiger partial charge in [0.1, 0.15) is 18.0 Å². The lowest BCUT2D eigenvalue weighted by Gasteiger charge is -2.15. The van der Waals surface area contributed by atoms with Crippen LogP contribution in [0.3, 0.4) is 0 Å². The van der Waals surface area contributed by atoms with Gasteiger partial charge in [-0.2, -0.15) is 0 Å². The Morgan fingerprint density at radius 2 is 2.13 bits per heavy atom. The number of aliphatic hydroxyl groups excluding tert-OH is 1. The summed E-state index contributed by atoms with van der Waals surface area (Å²) in [5.41, 5.74) is 5.04. The largest absolute Gasteiger partial charge is 0.480 e. The van der Waals surface area contributed by atoms with Crippen molar-refractivity contribution in [2.45, 2.75) is 12.1 Å². The molecule has 1 aromatic rings. The van der Waals surface area contributed by atoms with Crippen LogP contribution in [0.25, 0.3) is 0 Å². The molecule has 0 aliphatic carbocycles. The molecule has 4 N–H and O–H groups in total. The molecule has 0 saturated carbocycles. The van der Waals surface area contributed by atoms with E-state index in [0.717, 1.165) is 6.07 Å². The number of carboxylic acids is 1. The quantitative estimate of drug-likeness (QED) is 0.771. The van der Waals surface area contributed by atoms with Gasteiger partial charge in [0.2, 0.25) is 0 Å². The molecule has 0 radical (unpaired) electrons. The Labute approximate surface area is 93.6 Å². The van der Waals surface area contributed by atoms with Crippen molar-refractivity contribution in [3.8, 4) is 0 Å². The summed E-state index contributed by atoms with van der Waals surface area (Å²) in [4.78, 5) is 10.5. The Kier molecular flexibility index (Phi) is 3.78. The molecule has 0 aliphatic rings. The Morgan fingerprint density at radius 3 is 2.60 bits per heavy atom. The Hall–Kier alpha value is -0.980. The summed E-state index contributed by atoms with van der Waals surface area (Å²) in [7, 11) is 0. The molecule has 2 unspecified atom stereocenters. The predicted molar refractivity (Wildman–Crippen MR) is 54.7 cm³/mol. The van der Waals surface area contributed by atoms with Gasteiger partial charge in [0, 0.05) is 10.0 Å². The first kappa shape index (κ1) is 12.1. The van der Waals surface area contributed by atoms with Crippen molar-refractivity contribution in [1.82, 2.24) is 0 Å². The highest BCUT2D eigenvalue weighted by Gasteiger charge is 2.25. The van der Waals surface area contributed by atoms with Crippen LogP contribution < -0.4 is 5.73 Å². The molecule has 0 heterocycles. The number of carboxylic acid groups (broad SMARTS) is 1. The summed E-state index contributed by atoms with van der Waals surface area (Å²) >= 11 is 3.04. The van der Waals surface area contributed by atoms with Crippen molar-refractivity contribution >= 4 is 21.9 Å². The first-order valence-corrected chi connectivity index (χ1v) is 4.84. The van der Waals surface area contributed by atoms with Gasteiger partial charge in [-0.1, -0.05) is 22.0 Å². The molecule has 6 heteroatoms. The zero-order chi connectivity index (χ0) is 11.6. The second-order valence-electron chi connectivity index (χ2n) is 2.97. The molecule has 0 amide bonds. The van der Waals surface area contributed by atoms with Crippen LogP contribution in [0.5, 0.6) is 0 Å². The van der Waals surface area contributed by atoms with Crippen molar-refractivity contribution in [1.29, 1.82) is 0 Å². The zero-order valence-electron chi connectivity index (χ0n) is 7.52. The van der Waals surface area contributed by atoms with E-state index in [1.54, 1.807) is 0 Å². The lowest BCUT2D eigenvalue weighted by Crippen LogP contribution is -2.36. The SMILES string of the molecule is NC(C(=O)O)C(O)c1ccc(Br)cc1F. The van der Waals surface area contributed by atoms with Crippen LogP contribution >= 0.6 is 15.9 Å². The van der Waals surface area contributed by atoms with Crippen LogP contribution in [0.15, 0.2) is 22.7 Å². The fourth-order valence-electron chi connectivity index (χ4n) is 1.07. The summed E-state index contributed by atoms with van der Waals surface area (Å²) in [5, 5.41) is 18.0. The minimum atomic E-state index is -1.56. The average Bonchev–Trinajstić information content (AvgIpc) is 2.15. The number of aliphatic hydroxyl groups is 1. The highest BCUT2D eigenvalue weighted by atomic mass is 79.9. The van der Waals surface area contributed by atoms with E-state index in [1.807, 2.05) is 0 Å². The van der Waals surface area contributed by atoms with Crippen molar-refractivity contribution in [3.63, 3.8) is 0 Å². The minimum absolute atomic E-state index is 0.131. The molecule has 0 fully saturated rings. The fraction of sp³-hybridized carbons (Fsp3) is 0.222. The van der Waals surface area contributed by atoms with E-state index in [1.165, 1.54) is 12.1 Å². The van der Waals surface area contributed by atoms with Crippen molar-refractivity contribution in [2.24, 2.45) is 5.73 Å². The van der Waals surface area contributed by atoms with Crippen LogP contribution in [0.2, 0.25) is 0 Å². The lowest BCUT2D eigenvalue weighted by molar-refractivity contribution is -0.141. The van der Waals surface area contributed by atoms with Crippen LogP contribution in [0.1, 0.15) is 11.7 Å². The molecular weight excluding hydrogens is 269 g/mol. The maximum atomic E-state index is 13.3. The molecule has 82 valence electrons. The van der Waals surface area contributed by atoms with E-state index in [0.29, 0.717) is 4.47 Å². The normalized spacial score (nSPS) is 14.7. The minimum Gasteiger partial charge on any atom is -0.480 e. The number of carbonyl (C=O) groups is 1.